The fourth-order valence-electron chi connectivity index (χ4n) is 3.14. The summed E-state index contributed by atoms with van der Waals surface area (Å²) >= 11 is 0. The summed E-state index contributed by atoms with van der Waals surface area (Å²) in [6.45, 7) is 11.2. The lowest BCUT2D eigenvalue weighted by Gasteiger charge is -2.18. The summed E-state index contributed by atoms with van der Waals surface area (Å²) in [4.78, 5) is 37.5. The van der Waals surface area contributed by atoms with Crippen molar-refractivity contribution in [1.82, 2.24) is 10.3 Å². The third-order valence-electron chi connectivity index (χ3n) is 4.91. The maximum atomic E-state index is 12.8. The molecule has 2 aromatic rings. The molecule has 0 fully saturated rings. The van der Waals surface area contributed by atoms with Crippen molar-refractivity contribution in [2.24, 2.45) is 5.41 Å². The molecule has 37 heavy (non-hydrogen) atoms. The molecule has 0 bridgehead atoms. The van der Waals surface area contributed by atoms with Crippen molar-refractivity contribution >= 4 is 23.5 Å². The van der Waals surface area contributed by atoms with Crippen molar-refractivity contribution < 1.29 is 47.5 Å². The van der Waals surface area contributed by atoms with E-state index in [1.807, 2.05) is 36.5 Å². The number of rotatable bonds is 9. The van der Waals surface area contributed by atoms with E-state index < -0.39 is 18.1 Å². The molecule has 0 saturated heterocycles. The number of nitrogens with two attached hydrogens (primary N) is 1. The first kappa shape index (κ1) is 31.5. The van der Waals surface area contributed by atoms with Crippen molar-refractivity contribution in [2.45, 2.75) is 53.8 Å². The molecular weight excluding hydrogens is 495 g/mol. The Kier molecular flexibility index (Phi) is 11.6. The lowest BCUT2D eigenvalue weighted by atomic mass is 9.97. The van der Waals surface area contributed by atoms with Gasteiger partial charge in [0.05, 0.1) is 25.0 Å². The number of methoxy groups -OCH3 is 1. The van der Waals surface area contributed by atoms with Gasteiger partial charge in [0.15, 0.2) is 0 Å². The van der Waals surface area contributed by atoms with Gasteiger partial charge in [-0.2, -0.15) is 13.2 Å². The number of esters is 1. The second-order valence-electron chi connectivity index (χ2n) is 9.12. The minimum absolute atomic E-state index is 0.0381. The first-order valence-electron chi connectivity index (χ1n) is 11.6. The number of hydrogen-bond acceptors (Lipinski definition) is 6. The van der Waals surface area contributed by atoms with Gasteiger partial charge in [-0.05, 0) is 36.5 Å². The molecule has 0 aliphatic heterocycles. The summed E-state index contributed by atoms with van der Waals surface area (Å²) < 4.78 is 42.0. The normalized spacial score (nSPS) is 11.3. The Morgan fingerprint density at radius 3 is 2.08 bits per heavy atom. The largest absolute Gasteiger partial charge is 0.542 e. The first-order valence-corrected chi connectivity index (χ1v) is 11.6. The maximum absolute atomic E-state index is 12.8. The number of amides is 1. The SMILES string of the molecule is CCOC(=O)c1c(C[NH2+]c2ccc(OC)cc2)[nH]c(C(=O)NCC(C)(C)C)c1CC.O=C([O-])C(F)(F)F. The number of quaternary nitrogens is 1. The summed E-state index contributed by atoms with van der Waals surface area (Å²) in [5.41, 5.74) is 3.23. The van der Waals surface area contributed by atoms with Crippen LogP contribution in [0.25, 0.3) is 0 Å². The summed E-state index contributed by atoms with van der Waals surface area (Å²) in [5.74, 6) is -2.83. The fourth-order valence-corrected chi connectivity index (χ4v) is 3.14. The molecule has 12 heteroatoms. The topological polar surface area (TPSA) is 137 Å². The number of carboxylic acid groups (broad SMARTS) is 1. The molecule has 1 heterocycles. The van der Waals surface area contributed by atoms with Gasteiger partial charge in [-0.1, -0.05) is 27.7 Å². The number of ether oxygens (including phenoxy) is 2. The van der Waals surface area contributed by atoms with E-state index in [0.717, 1.165) is 11.4 Å². The lowest BCUT2D eigenvalue weighted by Crippen LogP contribution is -2.76. The minimum atomic E-state index is -5.19. The number of carbonyl (C=O) groups is 3. The number of aromatic nitrogens is 1. The third kappa shape index (κ3) is 10.2. The number of halogens is 3. The van der Waals surface area contributed by atoms with Crippen LogP contribution in [0.2, 0.25) is 0 Å². The number of H-pyrrole nitrogens is 1. The summed E-state index contributed by atoms with van der Waals surface area (Å²) in [7, 11) is 1.63. The first-order chi connectivity index (χ1) is 17.1. The summed E-state index contributed by atoms with van der Waals surface area (Å²) in [6, 6.07) is 7.66. The van der Waals surface area contributed by atoms with Crippen molar-refractivity contribution in [3.8, 4) is 5.75 Å². The Bertz CT molecular complexity index is 1060. The smallest absolute Gasteiger partial charge is 0.430 e. The Hall–Kier alpha value is -3.54. The highest BCUT2D eigenvalue weighted by atomic mass is 19.4. The average Bonchev–Trinajstić information content (AvgIpc) is 3.19. The van der Waals surface area contributed by atoms with Crippen LogP contribution in [0, 0.1) is 5.41 Å². The predicted octanol–water partition coefficient (Wildman–Crippen LogP) is 2.23. The Morgan fingerprint density at radius 2 is 1.65 bits per heavy atom. The highest BCUT2D eigenvalue weighted by Gasteiger charge is 2.29. The van der Waals surface area contributed by atoms with Gasteiger partial charge < -0.3 is 35.0 Å². The van der Waals surface area contributed by atoms with Crippen LogP contribution in [-0.2, 0) is 22.5 Å². The van der Waals surface area contributed by atoms with Crippen LogP contribution in [0.5, 0.6) is 5.75 Å². The van der Waals surface area contributed by atoms with Crippen molar-refractivity contribution in [3.63, 3.8) is 0 Å². The van der Waals surface area contributed by atoms with Crippen LogP contribution in [0.4, 0.5) is 18.9 Å². The fraction of sp³-hybridized carbons (Fsp3) is 0.480. The number of benzene rings is 1. The average molecular weight is 530 g/mol. The zero-order valence-electron chi connectivity index (χ0n) is 21.8. The van der Waals surface area contributed by atoms with Gasteiger partial charge >= 0.3 is 12.1 Å². The zero-order chi connectivity index (χ0) is 28.4. The van der Waals surface area contributed by atoms with E-state index in [1.54, 1.807) is 14.0 Å². The molecule has 1 amide bonds. The molecule has 2 rings (SSSR count). The molecular formula is C25H34F3N3O6. The van der Waals surface area contributed by atoms with Gasteiger partial charge in [-0.25, -0.2) is 4.79 Å². The predicted molar refractivity (Wildman–Crippen MR) is 127 cm³/mol. The number of hydrogen-bond donors (Lipinski definition) is 3. The number of aromatic amines is 1. The molecule has 0 unspecified atom stereocenters. The monoisotopic (exact) mass is 529 g/mol. The van der Waals surface area contributed by atoms with Crippen LogP contribution in [-0.4, -0.2) is 49.3 Å². The Balaban J connectivity index is 0.000000856. The molecule has 0 saturated carbocycles. The molecule has 1 aromatic carbocycles. The highest BCUT2D eigenvalue weighted by molar-refractivity contribution is 6.00. The number of alkyl halides is 3. The van der Waals surface area contributed by atoms with Crippen molar-refractivity contribution in [1.29, 1.82) is 0 Å². The zero-order valence-corrected chi connectivity index (χ0v) is 21.8. The van der Waals surface area contributed by atoms with Crippen LogP contribution in [0.3, 0.4) is 0 Å². The maximum Gasteiger partial charge on any atom is 0.430 e. The van der Waals surface area contributed by atoms with E-state index in [0.29, 0.717) is 42.0 Å². The Labute approximate surface area is 213 Å². The Morgan fingerprint density at radius 1 is 1.08 bits per heavy atom. The van der Waals surface area contributed by atoms with E-state index >= 15 is 0 Å². The van der Waals surface area contributed by atoms with E-state index in [-0.39, 0.29) is 17.9 Å². The second kappa shape index (κ2) is 13.7. The van der Waals surface area contributed by atoms with Crippen LogP contribution >= 0.6 is 0 Å². The van der Waals surface area contributed by atoms with Gasteiger partial charge in [0.25, 0.3) is 5.91 Å². The standard InChI is InChI=1S/C23H33N3O4.C2HF3O2/c1-7-17-19(22(28)30-8-2)18(13-24-15-9-11-16(29-6)12-10-15)26-20(17)21(27)25-14-23(3,4)5;3-2(4,5)1(6)7/h9-12,24,26H,7-8,13-14H2,1-6H3,(H,25,27);(H,6,7). The molecule has 0 radical (unpaired) electrons. The quantitative estimate of drug-likeness (QED) is 0.337. The van der Waals surface area contributed by atoms with E-state index in [4.69, 9.17) is 19.4 Å². The molecule has 0 aliphatic rings. The summed E-state index contributed by atoms with van der Waals surface area (Å²) in [6.07, 6.45) is -4.65. The molecule has 9 nitrogen and oxygen atoms in total. The molecule has 206 valence electrons. The van der Waals surface area contributed by atoms with Gasteiger partial charge in [0.2, 0.25) is 0 Å². The van der Waals surface area contributed by atoms with Gasteiger partial charge in [0, 0.05) is 18.7 Å². The number of carbonyl (C=O) groups excluding carboxylic acids is 3. The molecule has 0 spiro atoms. The van der Waals surface area contributed by atoms with E-state index in [9.17, 15) is 22.8 Å². The van der Waals surface area contributed by atoms with E-state index in [2.05, 4.69) is 31.1 Å². The second-order valence-corrected chi connectivity index (χ2v) is 9.12. The van der Waals surface area contributed by atoms with Gasteiger partial charge in [0.1, 0.15) is 29.6 Å². The lowest BCUT2D eigenvalue weighted by molar-refractivity contribution is -0.589. The minimum Gasteiger partial charge on any atom is -0.542 e. The molecule has 0 aliphatic carbocycles. The van der Waals surface area contributed by atoms with Crippen LogP contribution < -0.4 is 20.5 Å². The van der Waals surface area contributed by atoms with Gasteiger partial charge in [-0.3, -0.25) is 4.79 Å². The third-order valence-corrected chi connectivity index (χ3v) is 4.91. The number of aliphatic carboxylic acids is 1. The van der Waals surface area contributed by atoms with Crippen LogP contribution in [0.1, 0.15) is 66.7 Å². The van der Waals surface area contributed by atoms with E-state index in [1.165, 1.54) is 0 Å². The number of carboxylic acids is 1. The molecule has 4 N–H and O–H groups in total. The van der Waals surface area contributed by atoms with Crippen molar-refractivity contribution in [3.05, 3.63) is 46.8 Å². The van der Waals surface area contributed by atoms with Gasteiger partial charge in [-0.15, -0.1) is 0 Å². The van der Waals surface area contributed by atoms with Crippen molar-refractivity contribution in [2.75, 3.05) is 20.3 Å². The highest BCUT2D eigenvalue weighted by Crippen LogP contribution is 2.22. The van der Waals surface area contributed by atoms with Crippen LogP contribution in [0.15, 0.2) is 24.3 Å². The number of nitrogens with one attached hydrogen (secondary N) is 2. The molecule has 0 atom stereocenters. The molecule has 1 aromatic heterocycles. The summed E-state index contributed by atoms with van der Waals surface area (Å²) in [5, 5.41) is 13.8.